The standard InChI is InChI=1S/C9H11N3O/c10-8(6-9(11)13)12-7-4-2-1-3-5-7/h1-6,12H,10H2,(H2,11,13). The van der Waals surface area contributed by atoms with E-state index in [2.05, 4.69) is 5.32 Å². The molecule has 1 amide bonds. The lowest BCUT2D eigenvalue weighted by atomic mass is 10.3. The summed E-state index contributed by atoms with van der Waals surface area (Å²) in [5.41, 5.74) is 11.2. The molecule has 0 unspecified atom stereocenters. The first kappa shape index (κ1) is 9.12. The molecular formula is C9H11N3O. The second-order valence-electron chi connectivity index (χ2n) is 2.49. The van der Waals surface area contributed by atoms with Crippen LogP contribution < -0.4 is 16.8 Å². The van der Waals surface area contributed by atoms with Gasteiger partial charge in [-0.05, 0) is 12.1 Å². The summed E-state index contributed by atoms with van der Waals surface area (Å²) in [4.78, 5) is 10.4. The van der Waals surface area contributed by atoms with Crippen LogP contribution in [0.4, 0.5) is 5.69 Å². The van der Waals surface area contributed by atoms with Crippen LogP contribution in [0.2, 0.25) is 0 Å². The average molecular weight is 177 g/mol. The van der Waals surface area contributed by atoms with Gasteiger partial charge in [0.05, 0.1) is 0 Å². The van der Waals surface area contributed by atoms with Crippen LogP contribution in [-0.2, 0) is 4.79 Å². The second-order valence-corrected chi connectivity index (χ2v) is 2.49. The van der Waals surface area contributed by atoms with Gasteiger partial charge in [-0.15, -0.1) is 0 Å². The molecule has 13 heavy (non-hydrogen) atoms. The number of carbonyl (C=O) groups excluding carboxylic acids is 1. The fourth-order valence-electron chi connectivity index (χ4n) is 0.877. The van der Waals surface area contributed by atoms with Gasteiger partial charge in [-0.3, -0.25) is 4.79 Å². The number of carbonyl (C=O) groups is 1. The summed E-state index contributed by atoms with van der Waals surface area (Å²) in [6, 6.07) is 9.28. The van der Waals surface area contributed by atoms with E-state index in [-0.39, 0.29) is 5.82 Å². The maximum atomic E-state index is 10.4. The van der Waals surface area contributed by atoms with Crippen molar-refractivity contribution in [3.8, 4) is 0 Å². The first-order chi connectivity index (χ1) is 6.18. The summed E-state index contributed by atoms with van der Waals surface area (Å²) >= 11 is 0. The topological polar surface area (TPSA) is 81.1 Å². The lowest BCUT2D eigenvalue weighted by molar-refractivity contribution is -0.113. The van der Waals surface area contributed by atoms with Crippen LogP contribution >= 0.6 is 0 Å². The molecule has 5 N–H and O–H groups in total. The third-order valence-electron chi connectivity index (χ3n) is 1.36. The minimum absolute atomic E-state index is 0.235. The number of nitrogens with one attached hydrogen (secondary N) is 1. The second kappa shape index (κ2) is 4.15. The van der Waals surface area contributed by atoms with Gasteiger partial charge < -0.3 is 16.8 Å². The molecule has 4 heteroatoms. The molecule has 1 rings (SSSR count). The summed E-state index contributed by atoms with van der Waals surface area (Å²) in [6.45, 7) is 0. The van der Waals surface area contributed by atoms with E-state index in [4.69, 9.17) is 11.5 Å². The van der Waals surface area contributed by atoms with Crippen molar-refractivity contribution in [2.75, 3.05) is 5.32 Å². The maximum absolute atomic E-state index is 10.4. The summed E-state index contributed by atoms with van der Waals surface area (Å²) in [5.74, 6) is -0.334. The Morgan fingerprint density at radius 3 is 2.38 bits per heavy atom. The fourth-order valence-corrected chi connectivity index (χ4v) is 0.877. The van der Waals surface area contributed by atoms with E-state index in [9.17, 15) is 4.79 Å². The first-order valence-electron chi connectivity index (χ1n) is 3.77. The largest absolute Gasteiger partial charge is 0.385 e. The van der Waals surface area contributed by atoms with Gasteiger partial charge in [-0.1, -0.05) is 18.2 Å². The predicted octanol–water partition coefficient (Wildman–Crippen LogP) is 0.384. The molecule has 68 valence electrons. The van der Waals surface area contributed by atoms with E-state index < -0.39 is 5.91 Å². The van der Waals surface area contributed by atoms with E-state index in [1.807, 2.05) is 30.3 Å². The Bertz CT molecular complexity index is 319. The summed E-state index contributed by atoms with van der Waals surface area (Å²) < 4.78 is 0. The van der Waals surface area contributed by atoms with Crippen molar-refractivity contribution in [2.45, 2.75) is 0 Å². The van der Waals surface area contributed by atoms with Gasteiger partial charge >= 0.3 is 0 Å². The Hall–Kier alpha value is -1.97. The molecule has 0 radical (unpaired) electrons. The molecule has 0 aliphatic carbocycles. The molecule has 0 aromatic heterocycles. The van der Waals surface area contributed by atoms with Gasteiger partial charge in [0.25, 0.3) is 0 Å². The highest BCUT2D eigenvalue weighted by Gasteiger charge is 1.93. The predicted molar refractivity (Wildman–Crippen MR) is 51.5 cm³/mol. The summed E-state index contributed by atoms with van der Waals surface area (Å²) in [7, 11) is 0. The molecule has 0 saturated heterocycles. The highest BCUT2D eigenvalue weighted by atomic mass is 16.1. The fraction of sp³-hybridized carbons (Fsp3) is 0. The van der Waals surface area contributed by atoms with Crippen molar-refractivity contribution in [3.05, 3.63) is 42.2 Å². The minimum Gasteiger partial charge on any atom is -0.385 e. The number of para-hydroxylation sites is 1. The van der Waals surface area contributed by atoms with Crippen LogP contribution in [0.15, 0.2) is 42.2 Å². The van der Waals surface area contributed by atoms with E-state index >= 15 is 0 Å². The zero-order valence-corrected chi connectivity index (χ0v) is 7.03. The van der Waals surface area contributed by atoms with Crippen LogP contribution in [0.25, 0.3) is 0 Å². The zero-order chi connectivity index (χ0) is 9.68. The van der Waals surface area contributed by atoms with Crippen molar-refractivity contribution < 1.29 is 4.79 Å². The monoisotopic (exact) mass is 177 g/mol. The summed E-state index contributed by atoms with van der Waals surface area (Å²) in [5, 5.41) is 2.81. The van der Waals surface area contributed by atoms with Crippen LogP contribution in [0.3, 0.4) is 0 Å². The number of hydrogen-bond acceptors (Lipinski definition) is 3. The average Bonchev–Trinajstić information content (AvgIpc) is 2.04. The van der Waals surface area contributed by atoms with Crippen molar-refractivity contribution in [2.24, 2.45) is 11.5 Å². The number of benzene rings is 1. The molecule has 0 aliphatic rings. The number of rotatable bonds is 3. The smallest absolute Gasteiger partial charge is 0.245 e. The SMILES string of the molecule is NC(=O)C=C(N)Nc1ccccc1. The number of nitrogens with two attached hydrogens (primary N) is 2. The molecule has 4 nitrogen and oxygen atoms in total. The first-order valence-corrected chi connectivity index (χ1v) is 3.77. The van der Waals surface area contributed by atoms with E-state index in [1.54, 1.807) is 0 Å². The number of anilines is 1. The third-order valence-corrected chi connectivity index (χ3v) is 1.36. The third kappa shape index (κ3) is 3.29. The van der Waals surface area contributed by atoms with E-state index in [0.29, 0.717) is 0 Å². The molecule has 0 bridgehead atoms. The van der Waals surface area contributed by atoms with E-state index in [1.165, 1.54) is 0 Å². The molecular weight excluding hydrogens is 166 g/mol. The molecule has 0 aliphatic heterocycles. The van der Waals surface area contributed by atoms with Gasteiger partial charge in [0.1, 0.15) is 5.82 Å². The highest BCUT2D eigenvalue weighted by Crippen LogP contribution is 2.05. The lowest BCUT2D eigenvalue weighted by Crippen LogP contribution is -2.15. The van der Waals surface area contributed by atoms with Crippen molar-refractivity contribution in [3.63, 3.8) is 0 Å². The van der Waals surface area contributed by atoms with Gasteiger partial charge in [0.2, 0.25) is 5.91 Å². The molecule has 1 aromatic rings. The van der Waals surface area contributed by atoms with Gasteiger partial charge in [0, 0.05) is 11.8 Å². The Kier molecular flexibility index (Phi) is 2.92. The number of hydrogen-bond donors (Lipinski definition) is 3. The molecule has 1 aromatic carbocycles. The molecule has 0 heterocycles. The van der Waals surface area contributed by atoms with Crippen LogP contribution in [0.5, 0.6) is 0 Å². The van der Waals surface area contributed by atoms with E-state index in [0.717, 1.165) is 11.8 Å². The lowest BCUT2D eigenvalue weighted by Gasteiger charge is -2.04. The number of amides is 1. The normalized spacial score (nSPS) is 10.9. The summed E-state index contributed by atoms with van der Waals surface area (Å²) in [6.07, 6.45) is 1.13. The van der Waals surface area contributed by atoms with Crippen molar-refractivity contribution in [1.29, 1.82) is 0 Å². The minimum atomic E-state index is -0.569. The quantitative estimate of drug-likeness (QED) is 0.584. The molecule has 0 saturated carbocycles. The van der Waals surface area contributed by atoms with Crippen LogP contribution in [0.1, 0.15) is 0 Å². The van der Waals surface area contributed by atoms with Crippen molar-refractivity contribution in [1.82, 2.24) is 0 Å². The Morgan fingerprint density at radius 1 is 1.23 bits per heavy atom. The molecule has 0 atom stereocenters. The Balaban J connectivity index is 2.65. The van der Waals surface area contributed by atoms with Gasteiger partial charge in [-0.2, -0.15) is 0 Å². The molecule has 0 fully saturated rings. The van der Waals surface area contributed by atoms with Gasteiger partial charge in [0.15, 0.2) is 0 Å². The van der Waals surface area contributed by atoms with Crippen LogP contribution in [0, 0.1) is 0 Å². The Morgan fingerprint density at radius 2 is 1.85 bits per heavy atom. The Labute approximate surface area is 76.2 Å². The van der Waals surface area contributed by atoms with Gasteiger partial charge in [-0.25, -0.2) is 0 Å². The van der Waals surface area contributed by atoms with Crippen LogP contribution in [-0.4, -0.2) is 5.91 Å². The van der Waals surface area contributed by atoms with Crippen molar-refractivity contribution >= 4 is 11.6 Å². The zero-order valence-electron chi connectivity index (χ0n) is 7.03. The highest BCUT2D eigenvalue weighted by molar-refractivity contribution is 5.86. The maximum Gasteiger partial charge on any atom is 0.245 e. The molecule has 0 spiro atoms. The number of primary amides is 1.